The highest BCUT2D eigenvalue weighted by atomic mass is 16.5. The third kappa shape index (κ3) is 3.01. The number of hydrogen-bond acceptors (Lipinski definition) is 4. The average Bonchev–Trinajstić information content (AvgIpc) is 2.46. The molecule has 1 amide bonds. The van der Waals surface area contributed by atoms with Gasteiger partial charge in [-0.15, -0.1) is 0 Å². The molecule has 1 aliphatic heterocycles. The lowest BCUT2D eigenvalue weighted by atomic mass is 10.1. The monoisotopic (exact) mass is 278 g/mol. The van der Waals surface area contributed by atoms with E-state index in [-0.39, 0.29) is 11.5 Å². The lowest BCUT2D eigenvalue weighted by molar-refractivity contribution is -0.120. The number of carboxylic acid groups (broad SMARTS) is 1. The highest BCUT2D eigenvalue weighted by Gasteiger charge is 2.23. The van der Waals surface area contributed by atoms with Crippen LogP contribution in [0.1, 0.15) is 23.2 Å². The zero-order valence-electron chi connectivity index (χ0n) is 11.4. The Bertz CT molecular complexity index is 516. The first-order valence-electron chi connectivity index (χ1n) is 6.58. The van der Waals surface area contributed by atoms with Crippen LogP contribution in [0, 0.1) is 0 Å². The minimum Gasteiger partial charge on any atom is -0.489 e. The molecule has 6 heteroatoms. The van der Waals surface area contributed by atoms with E-state index >= 15 is 0 Å². The zero-order valence-corrected chi connectivity index (χ0v) is 11.4. The molecular formula is C14H18N2O4. The molecule has 1 aliphatic rings. The fourth-order valence-corrected chi connectivity index (χ4v) is 2.26. The molecule has 108 valence electrons. The van der Waals surface area contributed by atoms with E-state index in [1.54, 1.807) is 13.1 Å². The van der Waals surface area contributed by atoms with E-state index in [2.05, 4.69) is 10.2 Å². The van der Waals surface area contributed by atoms with Crippen molar-refractivity contribution < 1.29 is 19.4 Å². The second kappa shape index (κ2) is 6.27. The van der Waals surface area contributed by atoms with Crippen LogP contribution in [0.25, 0.3) is 0 Å². The van der Waals surface area contributed by atoms with Crippen molar-refractivity contribution >= 4 is 17.6 Å². The Hall–Kier alpha value is -2.24. The Morgan fingerprint density at radius 3 is 2.95 bits per heavy atom. The molecule has 20 heavy (non-hydrogen) atoms. The Morgan fingerprint density at radius 1 is 1.45 bits per heavy atom. The Balaban J connectivity index is 2.10. The first kappa shape index (κ1) is 14.2. The number of nitrogens with one attached hydrogen (secondary N) is 1. The van der Waals surface area contributed by atoms with Crippen LogP contribution >= 0.6 is 0 Å². The highest BCUT2D eigenvalue weighted by Crippen LogP contribution is 2.35. The predicted octanol–water partition coefficient (Wildman–Crippen LogP) is 1.11. The van der Waals surface area contributed by atoms with Crippen LogP contribution in [-0.4, -0.2) is 43.7 Å². The first-order chi connectivity index (χ1) is 9.63. The van der Waals surface area contributed by atoms with Gasteiger partial charge in [0.15, 0.2) is 5.75 Å². The van der Waals surface area contributed by atoms with Gasteiger partial charge in [0.2, 0.25) is 5.91 Å². The Morgan fingerprint density at radius 2 is 2.25 bits per heavy atom. The number of carbonyl (C=O) groups excluding carboxylic acids is 1. The maximum atomic E-state index is 11.2. The average molecular weight is 278 g/mol. The van der Waals surface area contributed by atoms with Crippen LogP contribution in [0.15, 0.2) is 18.2 Å². The van der Waals surface area contributed by atoms with E-state index < -0.39 is 5.97 Å². The summed E-state index contributed by atoms with van der Waals surface area (Å²) >= 11 is 0. The summed E-state index contributed by atoms with van der Waals surface area (Å²) in [7, 11) is 1.62. The summed E-state index contributed by atoms with van der Waals surface area (Å²) in [4.78, 5) is 24.4. The Kier molecular flexibility index (Phi) is 4.45. The lowest BCUT2D eigenvalue weighted by Crippen LogP contribution is -2.34. The van der Waals surface area contributed by atoms with Gasteiger partial charge in [-0.25, -0.2) is 4.79 Å². The van der Waals surface area contributed by atoms with Gasteiger partial charge in [-0.3, -0.25) is 4.79 Å². The zero-order chi connectivity index (χ0) is 14.5. The smallest absolute Gasteiger partial charge is 0.339 e. The topological polar surface area (TPSA) is 78.9 Å². The van der Waals surface area contributed by atoms with E-state index in [1.807, 2.05) is 6.07 Å². The van der Waals surface area contributed by atoms with Crippen LogP contribution in [0.3, 0.4) is 0 Å². The maximum absolute atomic E-state index is 11.2. The molecular weight excluding hydrogens is 260 g/mol. The van der Waals surface area contributed by atoms with E-state index in [1.165, 1.54) is 6.07 Å². The minimum absolute atomic E-state index is 0.0118. The molecule has 1 heterocycles. The van der Waals surface area contributed by atoms with Crippen molar-refractivity contribution in [3.8, 4) is 5.75 Å². The van der Waals surface area contributed by atoms with Gasteiger partial charge in [0.25, 0.3) is 0 Å². The number of rotatable bonds is 5. The van der Waals surface area contributed by atoms with Crippen LogP contribution in [0.2, 0.25) is 0 Å². The number of fused-ring (bicyclic) bond motifs is 1. The van der Waals surface area contributed by atoms with Gasteiger partial charge in [0.1, 0.15) is 12.2 Å². The number of amides is 1. The number of nitrogens with zero attached hydrogens (tertiary/aromatic N) is 1. The van der Waals surface area contributed by atoms with Crippen molar-refractivity contribution in [3.05, 3.63) is 23.8 Å². The predicted molar refractivity (Wildman–Crippen MR) is 74.4 cm³/mol. The second-order valence-electron chi connectivity index (χ2n) is 4.57. The molecule has 6 nitrogen and oxygen atoms in total. The molecule has 0 unspecified atom stereocenters. The standard InChI is InChI=1S/C14H18N2O4/c1-15-12(17)6-3-7-16-8-9-20-13-10(14(18)19)4-2-5-11(13)16/h2,4-5H,3,6-9H2,1H3,(H,15,17)(H,18,19). The SMILES string of the molecule is CNC(=O)CCCN1CCOc2c(C(=O)O)cccc21. The third-order valence-electron chi connectivity index (χ3n) is 3.28. The molecule has 2 N–H and O–H groups in total. The van der Waals surface area contributed by atoms with Crippen LogP contribution < -0.4 is 15.0 Å². The van der Waals surface area contributed by atoms with Gasteiger partial charge in [-0.05, 0) is 18.6 Å². The van der Waals surface area contributed by atoms with Gasteiger partial charge in [-0.2, -0.15) is 0 Å². The van der Waals surface area contributed by atoms with E-state index in [4.69, 9.17) is 9.84 Å². The third-order valence-corrected chi connectivity index (χ3v) is 3.28. The van der Waals surface area contributed by atoms with Crippen LogP contribution in [-0.2, 0) is 4.79 Å². The summed E-state index contributed by atoms with van der Waals surface area (Å²) in [5, 5.41) is 11.7. The van der Waals surface area contributed by atoms with E-state index in [0.29, 0.717) is 31.9 Å². The summed E-state index contributed by atoms with van der Waals surface area (Å²) in [5.41, 5.74) is 0.964. The van der Waals surface area contributed by atoms with Crippen molar-refractivity contribution in [1.29, 1.82) is 0 Å². The normalized spacial score (nSPS) is 13.3. The molecule has 0 aliphatic carbocycles. The molecule has 0 atom stereocenters. The highest BCUT2D eigenvalue weighted by molar-refractivity contribution is 5.93. The molecule has 0 radical (unpaired) electrons. The summed E-state index contributed by atoms with van der Waals surface area (Å²) < 4.78 is 5.49. The number of ether oxygens (including phenoxy) is 1. The lowest BCUT2D eigenvalue weighted by Gasteiger charge is -2.31. The number of aromatic carboxylic acids is 1. The van der Waals surface area contributed by atoms with E-state index in [0.717, 1.165) is 12.1 Å². The number of hydrogen-bond donors (Lipinski definition) is 2. The van der Waals surface area contributed by atoms with Gasteiger partial charge in [0, 0.05) is 20.0 Å². The number of carbonyl (C=O) groups is 2. The molecule has 0 aromatic heterocycles. The van der Waals surface area contributed by atoms with Crippen molar-refractivity contribution in [1.82, 2.24) is 5.32 Å². The molecule has 0 spiro atoms. The molecule has 2 rings (SSSR count). The molecule has 0 saturated carbocycles. The van der Waals surface area contributed by atoms with E-state index in [9.17, 15) is 9.59 Å². The largest absolute Gasteiger partial charge is 0.489 e. The fourth-order valence-electron chi connectivity index (χ4n) is 2.26. The Labute approximate surface area is 117 Å². The summed E-state index contributed by atoms with van der Waals surface area (Å²) in [6.07, 6.45) is 1.18. The number of anilines is 1. The fraction of sp³-hybridized carbons (Fsp3) is 0.429. The van der Waals surface area contributed by atoms with Gasteiger partial charge >= 0.3 is 5.97 Å². The maximum Gasteiger partial charge on any atom is 0.339 e. The summed E-state index contributed by atoms with van der Waals surface area (Å²) in [6.45, 7) is 1.86. The number of para-hydroxylation sites is 1. The minimum atomic E-state index is -0.992. The first-order valence-corrected chi connectivity index (χ1v) is 6.58. The van der Waals surface area contributed by atoms with Crippen molar-refractivity contribution in [2.75, 3.05) is 31.6 Å². The van der Waals surface area contributed by atoms with Crippen LogP contribution in [0.5, 0.6) is 5.75 Å². The molecule has 0 bridgehead atoms. The number of benzene rings is 1. The summed E-state index contributed by atoms with van der Waals surface area (Å²) in [6, 6.07) is 5.10. The molecule has 0 fully saturated rings. The van der Waals surface area contributed by atoms with Crippen molar-refractivity contribution in [3.63, 3.8) is 0 Å². The van der Waals surface area contributed by atoms with Gasteiger partial charge in [0.05, 0.1) is 12.2 Å². The quantitative estimate of drug-likeness (QED) is 0.843. The second-order valence-corrected chi connectivity index (χ2v) is 4.57. The van der Waals surface area contributed by atoms with Crippen molar-refractivity contribution in [2.24, 2.45) is 0 Å². The molecule has 0 saturated heterocycles. The molecule has 1 aromatic carbocycles. The van der Waals surface area contributed by atoms with Crippen molar-refractivity contribution in [2.45, 2.75) is 12.8 Å². The molecule has 1 aromatic rings. The van der Waals surface area contributed by atoms with Gasteiger partial charge in [-0.1, -0.05) is 6.07 Å². The van der Waals surface area contributed by atoms with Gasteiger partial charge < -0.3 is 20.1 Å². The van der Waals surface area contributed by atoms with Crippen LogP contribution in [0.4, 0.5) is 5.69 Å². The number of carboxylic acids is 1. The summed E-state index contributed by atoms with van der Waals surface area (Å²) in [5.74, 6) is -0.557.